The van der Waals surface area contributed by atoms with Gasteiger partial charge in [0.1, 0.15) is 11.6 Å². The predicted molar refractivity (Wildman–Crippen MR) is 137 cm³/mol. The maximum Gasteiger partial charge on any atom is 0.254 e. The van der Waals surface area contributed by atoms with E-state index < -0.39 is 11.6 Å². The molecule has 0 atom stereocenters. The molecule has 0 radical (unpaired) electrons. The first-order valence-electron chi connectivity index (χ1n) is 12.2. The van der Waals surface area contributed by atoms with Crippen molar-refractivity contribution in [3.8, 4) is 23.1 Å². The number of halogens is 2. The third kappa shape index (κ3) is 5.80. The van der Waals surface area contributed by atoms with E-state index in [0.29, 0.717) is 41.2 Å². The van der Waals surface area contributed by atoms with Crippen molar-refractivity contribution in [3.63, 3.8) is 0 Å². The molecular weight excluding hydrogens is 476 g/mol. The lowest BCUT2D eigenvalue weighted by Gasteiger charge is -2.23. The van der Waals surface area contributed by atoms with E-state index in [0.717, 1.165) is 18.6 Å². The van der Waals surface area contributed by atoms with Crippen LogP contribution in [0.1, 0.15) is 41.9 Å². The lowest BCUT2D eigenvalue weighted by molar-refractivity contribution is 0.0742. The van der Waals surface area contributed by atoms with Crippen LogP contribution in [0.25, 0.3) is 5.69 Å². The number of hydrogen-bond donors (Lipinski definition) is 0. The summed E-state index contributed by atoms with van der Waals surface area (Å²) in [6.07, 6.45) is 1.30. The second kappa shape index (κ2) is 11.7. The summed E-state index contributed by atoms with van der Waals surface area (Å²) in [5.41, 5.74) is 2.59. The number of carbonyl (C=O) groups excluding carboxylic acids is 1. The van der Waals surface area contributed by atoms with Crippen molar-refractivity contribution in [2.75, 3.05) is 13.7 Å². The standard InChI is InChI=1S/C29H29F2N3O3/c1-4-17-33(28(35)20-9-7-6-8-10-20)19-24-26(5-2)32-34(22-12-14-23(36-3)15-13-22)29(24)37-27-16-11-21(30)18-25(27)31/h6-16,18H,4-5,17,19H2,1-3H3. The number of ether oxygens (including phenoxy) is 2. The zero-order valence-corrected chi connectivity index (χ0v) is 21.1. The van der Waals surface area contributed by atoms with Gasteiger partial charge in [0.25, 0.3) is 5.91 Å². The number of carbonyl (C=O) groups is 1. The molecule has 0 spiro atoms. The third-order valence-corrected chi connectivity index (χ3v) is 5.92. The fourth-order valence-corrected chi connectivity index (χ4v) is 4.06. The Hall–Kier alpha value is -4.20. The van der Waals surface area contributed by atoms with Crippen molar-refractivity contribution in [2.45, 2.75) is 33.2 Å². The van der Waals surface area contributed by atoms with Crippen LogP contribution in [0.5, 0.6) is 17.4 Å². The first-order chi connectivity index (χ1) is 17.9. The van der Waals surface area contributed by atoms with Crippen LogP contribution in [0.2, 0.25) is 0 Å². The van der Waals surface area contributed by atoms with Gasteiger partial charge in [-0.1, -0.05) is 32.0 Å². The quantitative estimate of drug-likeness (QED) is 0.245. The minimum absolute atomic E-state index is 0.124. The molecule has 0 saturated heterocycles. The smallest absolute Gasteiger partial charge is 0.254 e. The summed E-state index contributed by atoms with van der Waals surface area (Å²) >= 11 is 0. The maximum atomic E-state index is 14.6. The molecule has 4 aromatic rings. The summed E-state index contributed by atoms with van der Waals surface area (Å²) in [6.45, 7) is 4.67. The van der Waals surface area contributed by atoms with Crippen LogP contribution in [0.4, 0.5) is 8.78 Å². The molecule has 0 N–H and O–H groups in total. The van der Waals surface area contributed by atoms with Gasteiger partial charge in [-0.25, -0.2) is 13.5 Å². The number of methoxy groups -OCH3 is 1. The van der Waals surface area contributed by atoms with Gasteiger partial charge < -0.3 is 14.4 Å². The molecule has 37 heavy (non-hydrogen) atoms. The number of nitrogens with zero attached hydrogens (tertiary/aromatic N) is 3. The largest absolute Gasteiger partial charge is 0.497 e. The van der Waals surface area contributed by atoms with Crippen molar-refractivity contribution in [3.05, 3.63) is 101 Å². The van der Waals surface area contributed by atoms with E-state index >= 15 is 0 Å². The van der Waals surface area contributed by atoms with Crippen molar-refractivity contribution >= 4 is 5.91 Å². The molecule has 192 valence electrons. The molecule has 0 aliphatic heterocycles. The SMILES string of the molecule is CCCN(Cc1c(CC)nn(-c2ccc(OC)cc2)c1Oc1ccc(F)cc1F)C(=O)c1ccccc1. The average Bonchev–Trinajstić information content (AvgIpc) is 3.26. The van der Waals surface area contributed by atoms with Crippen LogP contribution in [-0.4, -0.2) is 34.2 Å². The molecule has 0 saturated carbocycles. The molecule has 0 aliphatic rings. The third-order valence-electron chi connectivity index (χ3n) is 5.92. The van der Waals surface area contributed by atoms with Gasteiger partial charge in [-0.2, -0.15) is 5.10 Å². The summed E-state index contributed by atoms with van der Waals surface area (Å²) in [6, 6.07) is 19.4. The number of hydrogen-bond acceptors (Lipinski definition) is 4. The fourth-order valence-electron chi connectivity index (χ4n) is 4.06. The van der Waals surface area contributed by atoms with E-state index in [2.05, 4.69) is 0 Å². The minimum Gasteiger partial charge on any atom is -0.497 e. The van der Waals surface area contributed by atoms with E-state index in [4.69, 9.17) is 14.6 Å². The Morgan fingerprint density at radius 3 is 2.35 bits per heavy atom. The van der Waals surface area contributed by atoms with Crippen molar-refractivity contribution in [2.24, 2.45) is 0 Å². The summed E-state index contributed by atoms with van der Waals surface area (Å²) in [4.78, 5) is 15.1. The van der Waals surface area contributed by atoms with E-state index in [1.165, 1.54) is 6.07 Å². The maximum absolute atomic E-state index is 14.6. The van der Waals surface area contributed by atoms with E-state index in [1.54, 1.807) is 41.0 Å². The van der Waals surface area contributed by atoms with Gasteiger partial charge in [-0.3, -0.25) is 4.79 Å². The lowest BCUT2D eigenvalue weighted by atomic mass is 10.1. The fraction of sp³-hybridized carbons (Fsp3) is 0.241. The Labute approximate surface area is 215 Å². The Morgan fingerprint density at radius 1 is 1.00 bits per heavy atom. The Balaban J connectivity index is 1.82. The van der Waals surface area contributed by atoms with Gasteiger partial charge in [0.2, 0.25) is 5.88 Å². The number of rotatable bonds is 10. The highest BCUT2D eigenvalue weighted by Crippen LogP contribution is 2.34. The number of aromatic nitrogens is 2. The molecule has 4 rings (SSSR count). The van der Waals surface area contributed by atoms with Gasteiger partial charge in [0.15, 0.2) is 11.6 Å². The van der Waals surface area contributed by atoms with E-state index in [-0.39, 0.29) is 24.1 Å². The zero-order chi connectivity index (χ0) is 26.4. The average molecular weight is 506 g/mol. The molecule has 0 aliphatic carbocycles. The van der Waals surface area contributed by atoms with Gasteiger partial charge in [-0.05, 0) is 61.4 Å². The monoisotopic (exact) mass is 505 g/mol. The summed E-state index contributed by atoms with van der Waals surface area (Å²) < 4.78 is 41.1. The van der Waals surface area contributed by atoms with E-state index in [9.17, 15) is 13.6 Å². The number of amides is 1. The highest BCUT2D eigenvalue weighted by Gasteiger charge is 2.25. The Kier molecular flexibility index (Phi) is 8.18. The van der Waals surface area contributed by atoms with Crippen LogP contribution in [-0.2, 0) is 13.0 Å². The number of benzene rings is 3. The van der Waals surface area contributed by atoms with Gasteiger partial charge in [-0.15, -0.1) is 0 Å². The first kappa shape index (κ1) is 25.9. The minimum atomic E-state index is -0.836. The molecule has 3 aromatic carbocycles. The molecule has 1 aromatic heterocycles. The topological polar surface area (TPSA) is 56.6 Å². The van der Waals surface area contributed by atoms with Crippen LogP contribution in [0.15, 0.2) is 72.8 Å². The highest BCUT2D eigenvalue weighted by molar-refractivity contribution is 5.94. The molecule has 0 bridgehead atoms. The Bertz CT molecular complexity index is 1360. The van der Waals surface area contributed by atoms with Gasteiger partial charge >= 0.3 is 0 Å². The van der Waals surface area contributed by atoms with Crippen LogP contribution in [0.3, 0.4) is 0 Å². The van der Waals surface area contributed by atoms with Crippen LogP contribution >= 0.6 is 0 Å². The molecule has 8 heteroatoms. The first-order valence-corrected chi connectivity index (χ1v) is 12.2. The molecule has 6 nitrogen and oxygen atoms in total. The highest BCUT2D eigenvalue weighted by atomic mass is 19.1. The second-order valence-electron chi connectivity index (χ2n) is 8.46. The molecule has 1 amide bonds. The summed E-state index contributed by atoms with van der Waals surface area (Å²) in [7, 11) is 1.58. The normalized spacial score (nSPS) is 10.8. The summed E-state index contributed by atoms with van der Waals surface area (Å²) in [5.74, 6) is -0.879. The number of aryl methyl sites for hydroxylation is 1. The summed E-state index contributed by atoms with van der Waals surface area (Å²) in [5, 5.41) is 4.76. The van der Waals surface area contributed by atoms with Crippen molar-refractivity contribution in [1.82, 2.24) is 14.7 Å². The molecular formula is C29H29F2N3O3. The van der Waals surface area contributed by atoms with E-state index in [1.807, 2.05) is 44.2 Å². The zero-order valence-electron chi connectivity index (χ0n) is 21.1. The molecule has 0 fully saturated rings. The Morgan fingerprint density at radius 2 is 1.73 bits per heavy atom. The van der Waals surface area contributed by atoms with Gasteiger partial charge in [0, 0.05) is 18.2 Å². The predicted octanol–water partition coefficient (Wildman–Crippen LogP) is 6.57. The molecule has 1 heterocycles. The van der Waals surface area contributed by atoms with Gasteiger partial charge in [0.05, 0.1) is 30.6 Å². The lowest BCUT2D eigenvalue weighted by Crippen LogP contribution is -2.31. The van der Waals surface area contributed by atoms with Crippen molar-refractivity contribution in [1.29, 1.82) is 0 Å². The van der Waals surface area contributed by atoms with Crippen molar-refractivity contribution < 1.29 is 23.0 Å². The molecule has 0 unspecified atom stereocenters. The van der Waals surface area contributed by atoms with Crippen LogP contribution in [0, 0.1) is 11.6 Å². The second-order valence-corrected chi connectivity index (χ2v) is 8.46. The van der Waals surface area contributed by atoms with Crippen LogP contribution < -0.4 is 9.47 Å².